The van der Waals surface area contributed by atoms with Crippen LogP contribution in [-0.4, -0.2) is 24.5 Å². The number of nitrogens with zero attached hydrogens (tertiary/aromatic N) is 2. The molecule has 0 saturated heterocycles. The molecule has 0 radical (unpaired) electrons. The van der Waals surface area contributed by atoms with Gasteiger partial charge in [-0.3, -0.25) is 4.99 Å². The summed E-state index contributed by atoms with van der Waals surface area (Å²) in [4.78, 5) is 8.52. The lowest BCUT2D eigenvalue weighted by Crippen LogP contribution is -2.38. The third-order valence-corrected chi connectivity index (χ3v) is 3.96. The van der Waals surface area contributed by atoms with Gasteiger partial charge in [0.25, 0.3) is 0 Å². The Morgan fingerprint density at radius 2 is 1.75 bits per heavy atom. The molecule has 0 fully saturated rings. The molecular formula is C20H21F2IN4O. The van der Waals surface area contributed by atoms with Crippen molar-refractivity contribution in [1.82, 2.24) is 15.6 Å². The van der Waals surface area contributed by atoms with Crippen molar-refractivity contribution in [1.29, 1.82) is 0 Å². The number of guanidine groups is 1. The smallest absolute Gasteiger partial charge is 0.226 e. The van der Waals surface area contributed by atoms with E-state index in [9.17, 15) is 8.78 Å². The van der Waals surface area contributed by atoms with E-state index in [1.54, 1.807) is 13.3 Å². The van der Waals surface area contributed by atoms with Gasteiger partial charge >= 0.3 is 0 Å². The van der Waals surface area contributed by atoms with Gasteiger partial charge in [-0.05, 0) is 30.7 Å². The van der Waals surface area contributed by atoms with Gasteiger partial charge < -0.3 is 15.1 Å². The Kier molecular flexibility index (Phi) is 8.37. The van der Waals surface area contributed by atoms with Crippen LogP contribution in [0.1, 0.15) is 11.3 Å². The molecule has 0 aliphatic carbocycles. The standard InChI is InChI=1S/C20H20F2N4O.HI/c1-23-20(24-11-10-16-17(21)8-5-9-18(16)22)25-12-15-13-27-19(26-15)14-6-3-2-4-7-14;/h2-9,13H,10-12H2,1H3,(H2,23,24,25);1H. The molecule has 0 amide bonds. The predicted octanol–water partition coefficient (Wildman–Crippen LogP) is 4.15. The molecule has 0 saturated carbocycles. The van der Waals surface area contributed by atoms with Gasteiger partial charge in [0.15, 0.2) is 5.96 Å². The maximum absolute atomic E-state index is 13.6. The van der Waals surface area contributed by atoms with Gasteiger partial charge in [-0.15, -0.1) is 24.0 Å². The molecule has 28 heavy (non-hydrogen) atoms. The number of hydrogen-bond acceptors (Lipinski definition) is 3. The van der Waals surface area contributed by atoms with E-state index in [4.69, 9.17) is 4.42 Å². The maximum atomic E-state index is 13.6. The molecule has 8 heteroatoms. The quantitative estimate of drug-likeness (QED) is 0.305. The van der Waals surface area contributed by atoms with Crippen LogP contribution in [0, 0.1) is 11.6 Å². The first-order valence-corrected chi connectivity index (χ1v) is 8.54. The Morgan fingerprint density at radius 3 is 2.43 bits per heavy atom. The maximum Gasteiger partial charge on any atom is 0.226 e. The zero-order valence-corrected chi connectivity index (χ0v) is 17.6. The van der Waals surface area contributed by atoms with Crippen molar-refractivity contribution in [2.45, 2.75) is 13.0 Å². The van der Waals surface area contributed by atoms with Crippen molar-refractivity contribution in [3.05, 3.63) is 77.7 Å². The molecule has 2 aromatic carbocycles. The first-order chi connectivity index (χ1) is 13.2. The average molecular weight is 498 g/mol. The van der Waals surface area contributed by atoms with Crippen molar-refractivity contribution in [3.8, 4) is 11.5 Å². The molecule has 3 rings (SSSR count). The molecule has 148 valence electrons. The van der Waals surface area contributed by atoms with E-state index in [0.29, 0.717) is 24.9 Å². The Labute approximate surface area is 179 Å². The summed E-state index contributed by atoms with van der Waals surface area (Å²) in [5, 5.41) is 6.12. The first kappa shape index (κ1) is 21.8. The molecule has 5 nitrogen and oxygen atoms in total. The van der Waals surface area contributed by atoms with E-state index in [-0.39, 0.29) is 36.0 Å². The van der Waals surface area contributed by atoms with Crippen molar-refractivity contribution in [2.75, 3.05) is 13.6 Å². The summed E-state index contributed by atoms with van der Waals surface area (Å²) < 4.78 is 32.8. The van der Waals surface area contributed by atoms with Gasteiger partial charge in [-0.2, -0.15) is 0 Å². The van der Waals surface area contributed by atoms with Crippen LogP contribution in [0.4, 0.5) is 8.78 Å². The molecule has 0 unspecified atom stereocenters. The lowest BCUT2D eigenvalue weighted by molar-refractivity contribution is 0.553. The third-order valence-electron chi connectivity index (χ3n) is 3.96. The fraction of sp³-hybridized carbons (Fsp3) is 0.200. The third kappa shape index (κ3) is 5.75. The highest BCUT2D eigenvalue weighted by molar-refractivity contribution is 14.0. The van der Waals surface area contributed by atoms with Crippen LogP contribution >= 0.6 is 24.0 Å². The summed E-state index contributed by atoms with van der Waals surface area (Å²) >= 11 is 0. The van der Waals surface area contributed by atoms with E-state index in [1.165, 1.54) is 18.2 Å². The number of aliphatic imine (C=N–C) groups is 1. The lowest BCUT2D eigenvalue weighted by atomic mass is 10.1. The average Bonchev–Trinajstić information content (AvgIpc) is 3.16. The second-order valence-electron chi connectivity index (χ2n) is 5.81. The summed E-state index contributed by atoms with van der Waals surface area (Å²) in [6.45, 7) is 0.746. The monoisotopic (exact) mass is 498 g/mol. The van der Waals surface area contributed by atoms with Crippen molar-refractivity contribution in [2.24, 2.45) is 4.99 Å². The van der Waals surface area contributed by atoms with Crippen molar-refractivity contribution in [3.63, 3.8) is 0 Å². The highest BCUT2D eigenvalue weighted by Gasteiger charge is 2.09. The molecule has 0 aliphatic rings. The van der Waals surface area contributed by atoms with Gasteiger partial charge in [-0.1, -0.05) is 24.3 Å². The minimum absolute atomic E-state index is 0. The Morgan fingerprint density at radius 1 is 1.04 bits per heavy atom. The zero-order valence-electron chi connectivity index (χ0n) is 15.3. The number of nitrogens with one attached hydrogen (secondary N) is 2. The summed E-state index contributed by atoms with van der Waals surface area (Å²) in [5.41, 5.74) is 1.68. The second-order valence-corrected chi connectivity index (χ2v) is 5.81. The molecule has 2 N–H and O–H groups in total. The Bertz CT molecular complexity index is 895. The van der Waals surface area contributed by atoms with E-state index in [1.807, 2.05) is 30.3 Å². The van der Waals surface area contributed by atoms with Crippen molar-refractivity contribution >= 4 is 29.9 Å². The number of aromatic nitrogens is 1. The van der Waals surface area contributed by atoms with Crippen LogP contribution in [0.5, 0.6) is 0 Å². The molecule has 0 atom stereocenters. The number of hydrogen-bond donors (Lipinski definition) is 2. The first-order valence-electron chi connectivity index (χ1n) is 8.54. The van der Waals surface area contributed by atoms with Gasteiger partial charge in [0.05, 0.1) is 12.2 Å². The largest absolute Gasteiger partial charge is 0.444 e. The van der Waals surface area contributed by atoms with Crippen LogP contribution in [0.2, 0.25) is 0 Å². The summed E-state index contributed by atoms with van der Waals surface area (Å²) in [7, 11) is 1.62. The fourth-order valence-corrected chi connectivity index (χ4v) is 2.57. The van der Waals surface area contributed by atoms with Crippen LogP contribution in [-0.2, 0) is 13.0 Å². The summed E-state index contributed by atoms with van der Waals surface area (Å²) in [6, 6.07) is 13.5. The number of benzene rings is 2. The van der Waals surface area contributed by atoms with Crippen LogP contribution < -0.4 is 10.6 Å². The van der Waals surface area contributed by atoms with Crippen LogP contribution in [0.25, 0.3) is 11.5 Å². The van der Waals surface area contributed by atoms with Gasteiger partial charge in [0, 0.05) is 24.7 Å². The van der Waals surface area contributed by atoms with E-state index in [0.717, 1.165) is 11.3 Å². The molecule has 3 aromatic rings. The van der Waals surface area contributed by atoms with Crippen molar-refractivity contribution < 1.29 is 13.2 Å². The van der Waals surface area contributed by atoms with E-state index >= 15 is 0 Å². The molecule has 1 aromatic heterocycles. The molecule has 0 spiro atoms. The highest BCUT2D eigenvalue weighted by Crippen LogP contribution is 2.17. The fourth-order valence-electron chi connectivity index (χ4n) is 2.57. The Balaban J connectivity index is 0.00000280. The molecule has 0 bridgehead atoms. The van der Waals surface area contributed by atoms with Crippen LogP contribution in [0.3, 0.4) is 0 Å². The van der Waals surface area contributed by atoms with Crippen LogP contribution in [0.15, 0.2) is 64.2 Å². The normalized spacial score (nSPS) is 11.0. The molecule has 0 aliphatic heterocycles. The minimum atomic E-state index is -0.546. The lowest BCUT2D eigenvalue weighted by Gasteiger charge is -2.11. The topological polar surface area (TPSA) is 62.5 Å². The van der Waals surface area contributed by atoms with Gasteiger partial charge in [-0.25, -0.2) is 13.8 Å². The van der Waals surface area contributed by atoms with E-state index in [2.05, 4.69) is 20.6 Å². The highest BCUT2D eigenvalue weighted by atomic mass is 127. The predicted molar refractivity (Wildman–Crippen MR) is 116 cm³/mol. The Hall–Kier alpha value is -2.49. The number of halogens is 3. The van der Waals surface area contributed by atoms with E-state index < -0.39 is 11.6 Å². The zero-order chi connectivity index (χ0) is 19.1. The summed E-state index contributed by atoms with van der Waals surface area (Å²) in [5.74, 6) is -0.0343. The second kappa shape index (κ2) is 10.7. The molecule has 1 heterocycles. The van der Waals surface area contributed by atoms with Gasteiger partial charge in [0.2, 0.25) is 5.89 Å². The van der Waals surface area contributed by atoms with Gasteiger partial charge in [0.1, 0.15) is 17.9 Å². The minimum Gasteiger partial charge on any atom is -0.444 e. The molecular weight excluding hydrogens is 477 g/mol. The number of rotatable bonds is 6. The summed E-state index contributed by atoms with van der Waals surface area (Å²) in [6.07, 6.45) is 1.79. The SMILES string of the molecule is CN=C(NCCc1c(F)cccc1F)NCc1coc(-c2ccccc2)n1.I. The number of oxazole rings is 1.